The smallest absolute Gasteiger partial charge is 0.410 e. The molecule has 1 aromatic heterocycles. The number of piperidine rings is 2. The zero-order valence-electron chi connectivity index (χ0n) is 26.5. The Morgan fingerprint density at radius 2 is 1.58 bits per heavy atom. The van der Waals surface area contributed by atoms with Crippen LogP contribution in [0.2, 0.25) is 0 Å². The third-order valence-electron chi connectivity index (χ3n) is 8.94. The summed E-state index contributed by atoms with van der Waals surface area (Å²) in [5.41, 5.74) is 3.29. The summed E-state index contributed by atoms with van der Waals surface area (Å²) < 4.78 is 5.54. The molecule has 3 aromatic rings. The Balaban J connectivity index is 1.14. The van der Waals surface area contributed by atoms with E-state index in [0.29, 0.717) is 43.4 Å². The quantitative estimate of drug-likeness (QED) is 0.431. The minimum Gasteiger partial charge on any atom is -0.444 e. The predicted molar refractivity (Wildman–Crippen MR) is 173 cm³/mol. The molecule has 0 saturated carbocycles. The lowest BCUT2D eigenvalue weighted by molar-refractivity contribution is -0.0139. The lowest BCUT2D eigenvalue weighted by atomic mass is 9.94. The number of benzene rings is 2. The van der Waals surface area contributed by atoms with Gasteiger partial charge in [-0.05, 0) is 57.6 Å². The molecular weight excluding hydrogens is 568 g/mol. The van der Waals surface area contributed by atoms with Crippen LogP contribution in [0.5, 0.6) is 0 Å². The molecule has 10 nitrogen and oxygen atoms in total. The molecular formula is C35H44N6O4. The normalized spacial score (nSPS) is 21.2. The molecule has 6 rings (SSSR count). The number of hydrogen-bond acceptors (Lipinski definition) is 8. The van der Waals surface area contributed by atoms with Crippen molar-refractivity contribution < 1.29 is 19.4 Å². The van der Waals surface area contributed by atoms with Gasteiger partial charge in [0.05, 0.1) is 6.10 Å². The summed E-state index contributed by atoms with van der Waals surface area (Å²) in [6.45, 7) is 9.30. The van der Waals surface area contributed by atoms with Gasteiger partial charge in [0.1, 0.15) is 17.1 Å². The molecule has 2 fully saturated rings. The maximum Gasteiger partial charge on any atom is 0.410 e. The molecule has 2 amide bonds. The Labute approximate surface area is 265 Å². The molecule has 0 aliphatic carbocycles. The van der Waals surface area contributed by atoms with Crippen molar-refractivity contribution in [3.63, 3.8) is 0 Å². The van der Waals surface area contributed by atoms with Gasteiger partial charge in [-0.2, -0.15) is 0 Å². The number of likely N-dealkylation sites (tertiary alicyclic amines) is 2. The van der Waals surface area contributed by atoms with Crippen molar-refractivity contribution in [2.45, 2.75) is 76.8 Å². The molecule has 0 bridgehead atoms. The second-order valence-electron chi connectivity index (χ2n) is 13.4. The first kappa shape index (κ1) is 31.0. The van der Waals surface area contributed by atoms with Crippen LogP contribution in [0.4, 0.5) is 10.6 Å². The van der Waals surface area contributed by atoms with Crippen molar-refractivity contribution in [3.05, 3.63) is 77.5 Å². The van der Waals surface area contributed by atoms with E-state index in [9.17, 15) is 14.7 Å². The van der Waals surface area contributed by atoms with Crippen LogP contribution in [-0.4, -0.2) is 98.3 Å². The molecule has 3 aliphatic heterocycles. The second kappa shape index (κ2) is 13.1. The number of amides is 2. The third-order valence-corrected chi connectivity index (χ3v) is 8.94. The molecule has 0 spiro atoms. The fourth-order valence-electron chi connectivity index (χ4n) is 6.58. The van der Waals surface area contributed by atoms with Gasteiger partial charge in [-0.3, -0.25) is 9.69 Å². The zero-order valence-corrected chi connectivity index (χ0v) is 26.5. The standard InChI is InChI=1S/C35H44N6O4/c1-35(2,3)45-34(44)39-18-14-27(15-19-39)36-31-21-28(37-32(38-31)25-10-5-4-6-11-25)33(43)41-20-16-29(30(42)23-41)40-17-13-24-9-7-8-12-26(24)22-40/h4-12,21,27,29-30,42H,13-20,22-23H2,1-3H3,(H,36,37,38)/t29-,30-/m1/s1. The van der Waals surface area contributed by atoms with E-state index in [2.05, 4.69) is 34.5 Å². The molecule has 0 unspecified atom stereocenters. The first-order valence-corrected chi connectivity index (χ1v) is 16.1. The molecule has 2 N–H and O–H groups in total. The first-order chi connectivity index (χ1) is 21.6. The Bertz CT molecular complexity index is 1500. The van der Waals surface area contributed by atoms with Crippen molar-refractivity contribution >= 4 is 17.8 Å². The number of nitrogens with zero attached hydrogens (tertiary/aromatic N) is 5. The molecule has 4 heterocycles. The van der Waals surface area contributed by atoms with Crippen molar-refractivity contribution in [1.29, 1.82) is 0 Å². The molecule has 2 saturated heterocycles. The summed E-state index contributed by atoms with van der Waals surface area (Å²) in [6.07, 6.45) is 2.20. The predicted octanol–water partition coefficient (Wildman–Crippen LogP) is 4.59. The minimum absolute atomic E-state index is 0.0106. The highest BCUT2D eigenvalue weighted by atomic mass is 16.6. The molecule has 2 aromatic carbocycles. The molecule has 238 valence electrons. The van der Waals surface area contributed by atoms with E-state index in [4.69, 9.17) is 14.7 Å². The zero-order chi connectivity index (χ0) is 31.6. The van der Waals surface area contributed by atoms with Crippen LogP contribution in [0.15, 0.2) is 60.7 Å². The number of hydrogen-bond donors (Lipinski definition) is 2. The maximum atomic E-state index is 13.9. The molecule has 10 heteroatoms. The average molecular weight is 613 g/mol. The van der Waals surface area contributed by atoms with E-state index in [1.54, 1.807) is 15.9 Å². The Morgan fingerprint density at radius 3 is 2.29 bits per heavy atom. The van der Waals surface area contributed by atoms with Crippen molar-refractivity contribution in [2.24, 2.45) is 0 Å². The van der Waals surface area contributed by atoms with Gasteiger partial charge < -0.3 is 25.0 Å². The summed E-state index contributed by atoms with van der Waals surface area (Å²) in [7, 11) is 0. The molecule has 45 heavy (non-hydrogen) atoms. The largest absolute Gasteiger partial charge is 0.444 e. The van der Waals surface area contributed by atoms with Crippen molar-refractivity contribution in [3.8, 4) is 11.4 Å². The molecule has 3 aliphatic rings. The van der Waals surface area contributed by atoms with Gasteiger partial charge in [0, 0.05) is 63.0 Å². The van der Waals surface area contributed by atoms with E-state index < -0.39 is 11.7 Å². The Morgan fingerprint density at radius 1 is 0.889 bits per heavy atom. The Kier molecular flexibility index (Phi) is 9.05. The number of rotatable bonds is 5. The monoisotopic (exact) mass is 612 g/mol. The van der Waals surface area contributed by atoms with E-state index in [-0.39, 0.29) is 30.6 Å². The number of carbonyl (C=O) groups excluding carboxylic acids is 2. The van der Waals surface area contributed by atoms with Crippen LogP contribution in [0.25, 0.3) is 11.4 Å². The average Bonchev–Trinajstić information content (AvgIpc) is 3.04. The minimum atomic E-state index is -0.642. The number of aliphatic hydroxyl groups excluding tert-OH is 1. The fraction of sp³-hybridized carbons (Fsp3) is 0.486. The molecule has 0 radical (unpaired) electrons. The maximum absolute atomic E-state index is 13.9. The van der Waals surface area contributed by atoms with Gasteiger partial charge in [0.15, 0.2) is 5.82 Å². The summed E-state index contributed by atoms with van der Waals surface area (Å²) in [4.78, 5) is 41.7. The lowest BCUT2D eigenvalue weighted by Crippen LogP contribution is -2.56. The lowest BCUT2D eigenvalue weighted by Gasteiger charge is -2.43. The number of anilines is 1. The summed E-state index contributed by atoms with van der Waals surface area (Å²) in [5, 5.41) is 14.8. The van der Waals surface area contributed by atoms with Crippen molar-refractivity contribution in [1.82, 2.24) is 24.7 Å². The van der Waals surface area contributed by atoms with Crippen molar-refractivity contribution in [2.75, 3.05) is 38.0 Å². The number of aliphatic hydroxyl groups is 1. The van der Waals surface area contributed by atoms with Crippen LogP contribution in [0.1, 0.15) is 61.6 Å². The fourth-order valence-corrected chi connectivity index (χ4v) is 6.58. The summed E-state index contributed by atoms with van der Waals surface area (Å²) in [6, 6.07) is 20.0. The number of ether oxygens (including phenoxy) is 1. The van der Waals surface area contributed by atoms with Gasteiger partial charge in [-0.15, -0.1) is 0 Å². The van der Waals surface area contributed by atoms with E-state index in [1.807, 2.05) is 51.1 Å². The van der Waals surface area contributed by atoms with Gasteiger partial charge in [0.2, 0.25) is 0 Å². The topological polar surface area (TPSA) is 111 Å². The van der Waals surface area contributed by atoms with Gasteiger partial charge >= 0.3 is 6.09 Å². The van der Waals surface area contributed by atoms with E-state index in [1.165, 1.54) is 11.1 Å². The number of carbonyl (C=O) groups is 2. The highest BCUT2D eigenvalue weighted by Crippen LogP contribution is 2.27. The van der Waals surface area contributed by atoms with Gasteiger partial charge in [0.25, 0.3) is 5.91 Å². The number of nitrogens with one attached hydrogen (secondary N) is 1. The van der Waals surface area contributed by atoms with Gasteiger partial charge in [-0.1, -0.05) is 54.6 Å². The SMILES string of the molecule is CC(C)(C)OC(=O)N1CCC(Nc2cc(C(=O)N3CC[C@@H](N4CCc5ccccc5C4)[C@H](O)C3)nc(-c3ccccc3)n2)CC1. The van der Waals surface area contributed by atoms with E-state index >= 15 is 0 Å². The van der Waals surface area contributed by atoms with Crippen LogP contribution in [0.3, 0.4) is 0 Å². The third kappa shape index (κ3) is 7.45. The number of β-amino-alcohol motifs (C(OH)–C–C–N with tert-alkyl or cyclic N) is 1. The number of fused-ring (bicyclic) bond motifs is 1. The highest BCUT2D eigenvalue weighted by Gasteiger charge is 2.36. The summed E-state index contributed by atoms with van der Waals surface area (Å²) in [5.74, 6) is 0.835. The highest BCUT2D eigenvalue weighted by molar-refractivity contribution is 5.93. The molecule has 2 atom stereocenters. The van der Waals surface area contributed by atoms with Crippen LogP contribution in [0, 0.1) is 0 Å². The summed E-state index contributed by atoms with van der Waals surface area (Å²) >= 11 is 0. The van der Waals surface area contributed by atoms with Crippen LogP contribution >= 0.6 is 0 Å². The first-order valence-electron chi connectivity index (χ1n) is 16.1. The van der Waals surface area contributed by atoms with E-state index in [0.717, 1.165) is 37.9 Å². The second-order valence-corrected chi connectivity index (χ2v) is 13.4. The van der Waals surface area contributed by atoms with Crippen LogP contribution < -0.4 is 5.32 Å². The van der Waals surface area contributed by atoms with Gasteiger partial charge in [-0.25, -0.2) is 14.8 Å². The van der Waals surface area contributed by atoms with Crippen LogP contribution in [-0.2, 0) is 17.7 Å². The Hall–Kier alpha value is -4.02. The number of aromatic nitrogens is 2.